The quantitative estimate of drug-likeness (QED) is 0.661. The van der Waals surface area contributed by atoms with Crippen LogP contribution in [0.5, 0.6) is 11.6 Å². The van der Waals surface area contributed by atoms with E-state index in [9.17, 15) is 23.6 Å². The summed E-state index contributed by atoms with van der Waals surface area (Å²) in [6.07, 6.45) is 1.21. The number of halogens is 1. The van der Waals surface area contributed by atoms with E-state index in [0.717, 1.165) is 4.90 Å². The fourth-order valence-electron chi connectivity index (χ4n) is 3.22. The number of benzene rings is 1. The Labute approximate surface area is 163 Å². The highest BCUT2D eigenvalue weighted by Gasteiger charge is 2.58. The molecule has 1 spiro atoms. The first-order chi connectivity index (χ1) is 13.9. The van der Waals surface area contributed by atoms with Gasteiger partial charge in [0.1, 0.15) is 11.6 Å². The molecule has 1 aromatic heterocycles. The SMILES string of the molecule is O=C1NC(=O)C2(CCNC(=O)N2c2ccc(Oc3ccc(F)cc3)nc2)C(=O)N1. The van der Waals surface area contributed by atoms with Crippen LogP contribution in [-0.4, -0.2) is 40.9 Å². The predicted octanol–water partition coefficient (Wildman–Crippen LogP) is 1.04. The number of pyridine rings is 1. The van der Waals surface area contributed by atoms with Crippen molar-refractivity contribution in [1.29, 1.82) is 0 Å². The molecule has 2 aromatic rings. The van der Waals surface area contributed by atoms with Crippen LogP contribution in [0.25, 0.3) is 0 Å². The highest BCUT2D eigenvalue weighted by molar-refractivity contribution is 6.27. The highest BCUT2D eigenvalue weighted by atomic mass is 19.1. The molecule has 0 saturated carbocycles. The van der Waals surface area contributed by atoms with Crippen LogP contribution >= 0.6 is 0 Å². The number of anilines is 1. The maximum Gasteiger partial charge on any atom is 0.328 e. The first kappa shape index (κ1) is 18.3. The molecule has 10 nitrogen and oxygen atoms in total. The third kappa shape index (κ3) is 3.12. The second-order valence-electron chi connectivity index (χ2n) is 6.33. The lowest BCUT2D eigenvalue weighted by molar-refractivity contribution is -0.138. The molecule has 11 heteroatoms. The monoisotopic (exact) mass is 399 g/mol. The number of ether oxygens (including phenoxy) is 1. The van der Waals surface area contributed by atoms with Crippen molar-refractivity contribution in [2.24, 2.45) is 0 Å². The van der Waals surface area contributed by atoms with Gasteiger partial charge in [0.25, 0.3) is 11.8 Å². The number of aromatic nitrogens is 1. The van der Waals surface area contributed by atoms with E-state index in [4.69, 9.17) is 4.74 Å². The van der Waals surface area contributed by atoms with Crippen LogP contribution in [0.1, 0.15) is 6.42 Å². The summed E-state index contributed by atoms with van der Waals surface area (Å²) < 4.78 is 18.5. The number of amides is 6. The van der Waals surface area contributed by atoms with Crippen LogP contribution in [0, 0.1) is 5.82 Å². The van der Waals surface area contributed by atoms with Crippen LogP contribution in [0.3, 0.4) is 0 Å². The number of imide groups is 2. The topological polar surface area (TPSA) is 130 Å². The van der Waals surface area contributed by atoms with Gasteiger partial charge in [0.15, 0.2) is 0 Å². The minimum Gasteiger partial charge on any atom is -0.439 e. The summed E-state index contributed by atoms with van der Waals surface area (Å²) in [5.41, 5.74) is -1.77. The molecule has 29 heavy (non-hydrogen) atoms. The largest absolute Gasteiger partial charge is 0.439 e. The summed E-state index contributed by atoms with van der Waals surface area (Å²) in [5, 5.41) is 6.63. The van der Waals surface area contributed by atoms with Crippen molar-refractivity contribution < 1.29 is 28.3 Å². The lowest BCUT2D eigenvalue weighted by Gasteiger charge is -2.45. The van der Waals surface area contributed by atoms with E-state index < -0.39 is 35.2 Å². The number of rotatable bonds is 3. The number of nitrogens with zero attached hydrogens (tertiary/aromatic N) is 2. The molecule has 2 fully saturated rings. The van der Waals surface area contributed by atoms with E-state index in [1.54, 1.807) is 0 Å². The Bertz CT molecular complexity index is 988. The van der Waals surface area contributed by atoms with Gasteiger partial charge in [-0.3, -0.25) is 25.1 Å². The molecule has 0 bridgehead atoms. The smallest absolute Gasteiger partial charge is 0.328 e. The van der Waals surface area contributed by atoms with Gasteiger partial charge < -0.3 is 10.1 Å². The van der Waals surface area contributed by atoms with Crippen LogP contribution in [0.15, 0.2) is 42.6 Å². The third-order valence-corrected chi connectivity index (χ3v) is 4.57. The van der Waals surface area contributed by atoms with Gasteiger partial charge in [-0.1, -0.05) is 0 Å². The summed E-state index contributed by atoms with van der Waals surface area (Å²) in [7, 11) is 0. The molecule has 0 aliphatic carbocycles. The first-order valence-corrected chi connectivity index (χ1v) is 8.54. The van der Waals surface area contributed by atoms with Gasteiger partial charge in [-0.15, -0.1) is 0 Å². The Balaban J connectivity index is 1.65. The van der Waals surface area contributed by atoms with Crippen LogP contribution in [0.4, 0.5) is 19.7 Å². The number of hydrogen-bond acceptors (Lipinski definition) is 6. The van der Waals surface area contributed by atoms with Gasteiger partial charge >= 0.3 is 12.1 Å². The van der Waals surface area contributed by atoms with E-state index in [2.05, 4.69) is 10.3 Å². The number of nitrogens with one attached hydrogen (secondary N) is 3. The first-order valence-electron chi connectivity index (χ1n) is 8.54. The molecule has 0 radical (unpaired) electrons. The number of hydrogen-bond donors (Lipinski definition) is 3. The van der Waals surface area contributed by atoms with Crippen molar-refractivity contribution in [1.82, 2.24) is 20.9 Å². The average Bonchev–Trinajstić information content (AvgIpc) is 2.69. The van der Waals surface area contributed by atoms with Gasteiger partial charge in [0.05, 0.1) is 11.9 Å². The highest BCUT2D eigenvalue weighted by Crippen LogP contribution is 2.32. The maximum atomic E-state index is 13.0. The van der Waals surface area contributed by atoms with Crippen molar-refractivity contribution in [2.45, 2.75) is 12.0 Å². The molecule has 2 aliphatic heterocycles. The Morgan fingerprint density at radius 1 is 1.00 bits per heavy atom. The fourth-order valence-corrected chi connectivity index (χ4v) is 3.22. The van der Waals surface area contributed by atoms with Crippen LogP contribution in [-0.2, 0) is 9.59 Å². The number of barbiturate groups is 1. The Hall–Kier alpha value is -4.02. The number of urea groups is 2. The lowest BCUT2D eigenvalue weighted by atomic mass is 9.87. The zero-order valence-electron chi connectivity index (χ0n) is 14.8. The lowest BCUT2D eigenvalue weighted by Crippen LogP contribution is -2.77. The molecule has 2 aliphatic rings. The van der Waals surface area contributed by atoms with Crippen molar-refractivity contribution >= 4 is 29.6 Å². The van der Waals surface area contributed by atoms with Gasteiger partial charge in [-0.25, -0.2) is 19.0 Å². The summed E-state index contributed by atoms with van der Waals surface area (Å²) in [5.74, 6) is -1.70. The standard InChI is InChI=1S/C18H14FN5O5/c19-10-1-4-12(5-2-10)29-13-6-3-11(9-21-13)24-17(28)20-8-7-18(24)14(25)22-16(27)23-15(18)26/h1-6,9H,7-8H2,(H,20,28)(H2,22,23,25,26,27). The molecule has 148 valence electrons. The fraction of sp³-hybridized carbons (Fsp3) is 0.167. The van der Waals surface area contributed by atoms with E-state index in [1.807, 2.05) is 10.6 Å². The zero-order chi connectivity index (χ0) is 20.6. The molecule has 3 N–H and O–H groups in total. The third-order valence-electron chi connectivity index (χ3n) is 4.57. The molecule has 4 rings (SSSR count). The minimum absolute atomic E-state index is 0.0441. The molecular formula is C18H14FN5O5. The van der Waals surface area contributed by atoms with Crippen molar-refractivity contribution in [2.75, 3.05) is 11.4 Å². The minimum atomic E-state index is -1.92. The second-order valence-corrected chi connectivity index (χ2v) is 6.33. The Morgan fingerprint density at radius 3 is 2.31 bits per heavy atom. The normalized spacial score (nSPS) is 18.2. The van der Waals surface area contributed by atoms with Crippen molar-refractivity contribution in [3.8, 4) is 11.6 Å². The number of carbonyl (C=O) groups excluding carboxylic acids is 4. The predicted molar refractivity (Wildman–Crippen MR) is 95.6 cm³/mol. The summed E-state index contributed by atoms with van der Waals surface area (Å²) in [6.45, 7) is 0.0730. The maximum absolute atomic E-state index is 13.0. The van der Waals surface area contributed by atoms with Gasteiger partial charge in [0.2, 0.25) is 11.4 Å². The molecule has 3 heterocycles. The summed E-state index contributed by atoms with van der Waals surface area (Å²) >= 11 is 0. The zero-order valence-corrected chi connectivity index (χ0v) is 14.8. The average molecular weight is 399 g/mol. The van der Waals surface area contributed by atoms with Gasteiger partial charge in [-0.2, -0.15) is 0 Å². The van der Waals surface area contributed by atoms with Crippen LogP contribution < -0.4 is 25.6 Å². The molecule has 6 amide bonds. The number of carbonyl (C=O) groups is 4. The van der Waals surface area contributed by atoms with E-state index in [1.165, 1.54) is 42.6 Å². The molecule has 0 unspecified atom stereocenters. The molecule has 0 atom stereocenters. The van der Waals surface area contributed by atoms with E-state index in [0.29, 0.717) is 5.75 Å². The molecule has 1 aromatic carbocycles. The molecular weight excluding hydrogens is 385 g/mol. The van der Waals surface area contributed by atoms with Crippen molar-refractivity contribution in [3.05, 3.63) is 48.4 Å². The van der Waals surface area contributed by atoms with Gasteiger partial charge in [-0.05, 0) is 30.3 Å². The van der Waals surface area contributed by atoms with Crippen LogP contribution in [0.2, 0.25) is 0 Å². The van der Waals surface area contributed by atoms with Gasteiger partial charge in [0, 0.05) is 19.0 Å². The Kier molecular flexibility index (Phi) is 4.34. The van der Waals surface area contributed by atoms with Crippen molar-refractivity contribution in [3.63, 3.8) is 0 Å². The van der Waals surface area contributed by atoms with E-state index >= 15 is 0 Å². The molecule has 2 saturated heterocycles. The second kappa shape index (κ2) is 6.86. The Morgan fingerprint density at radius 2 is 1.69 bits per heavy atom. The summed E-state index contributed by atoms with van der Waals surface area (Å²) in [4.78, 5) is 54.1. The summed E-state index contributed by atoms with van der Waals surface area (Å²) in [6, 6.07) is 6.54. The van der Waals surface area contributed by atoms with E-state index in [-0.39, 0.29) is 24.5 Å².